The minimum absolute atomic E-state index is 0.0375. The van der Waals surface area contributed by atoms with Crippen LogP contribution in [0.15, 0.2) is 0 Å². The van der Waals surface area contributed by atoms with Gasteiger partial charge in [-0.1, -0.05) is 33.1 Å². The topological polar surface area (TPSA) is 32.3 Å². The van der Waals surface area contributed by atoms with Gasteiger partial charge in [0.2, 0.25) is 0 Å². The first-order chi connectivity index (χ1) is 8.22. The molecule has 2 nitrogen and oxygen atoms in total. The average molecular weight is 239 g/mol. The molecule has 2 aliphatic rings. The average Bonchev–Trinajstić information content (AvgIpc) is 2.39. The number of hydrogen-bond donors (Lipinski definition) is 2. The van der Waals surface area contributed by atoms with Crippen molar-refractivity contribution in [1.29, 1.82) is 0 Å². The zero-order chi connectivity index (χ0) is 12.3. The molecule has 0 bridgehead atoms. The maximum atomic E-state index is 10.1. The van der Waals surface area contributed by atoms with E-state index < -0.39 is 0 Å². The number of hydrogen-bond acceptors (Lipinski definition) is 2. The van der Waals surface area contributed by atoms with E-state index in [9.17, 15) is 5.11 Å². The number of nitrogens with one attached hydrogen (secondary N) is 1. The molecule has 1 aliphatic carbocycles. The molecule has 17 heavy (non-hydrogen) atoms. The molecule has 0 aromatic carbocycles. The van der Waals surface area contributed by atoms with Gasteiger partial charge in [-0.15, -0.1) is 0 Å². The fourth-order valence-corrected chi connectivity index (χ4v) is 3.79. The van der Waals surface area contributed by atoms with Crippen LogP contribution in [-0.4, -0.2) is 23.8 Å². The summed E-state index contributed by atoms with van der Waals surface area (Å²) in [5, 5.41) is 13.9. The maximum absolute atomic E-state index is 10.1. The van der Waals surface area contributed by atoms with Gasteiger partial charge in [-0.05, 0) is 50.0 Å². The van der Waals surface area contributed by atoms with E-state index in [0.29, 0.717) is 17.9 Å². The van der Waals surface area contributed by atoms with Crippen molar-refractivity contribution in [3.05, 3.63) is 0 Å². The second-order valence-electron chi connectivity index (χ2n) is 6.24. The van der Waals surface area contributed by atoms with Crippen molar-refractivity contribution in [1.82, 2.24) is 5.32 Å². The van der Waals surface area contributed by atoms with Crippen LogP contribution in [0.5, 0.6) is 0 Å². The molecule has 0 radical (unpaired) electrons. The fraction of sp³-hybridized carbons (Fsp3) is 1.00. The second-order valence-corrected chi connectivity index (χ2v) is 6.24. The van der Waals surface area contributed by atoms with E-state index in [2.05, 4.69) is 19.2 Å². The molecule has 1 saturated carbocycles. The first-order valence-electron chi connectivity index (χ1n) is 7.63. The lowest BCUT2D eigenvalue weighted by Crippen LogP contribution is -2.47. The van der Waals surface area contributed by atoms with E-state index in [1.165, 1.54) is 45.1 Å². The second kappa shape index (κ2) is 6.19. The molecule has 0 spiro atoms. The summed E-state index contributed by atoms with van der Waals surface area (Å²) in [4.78, 5) is 0. The quantitative estimate of drug-likeness (QED) is 0.793. The Kier molecular flexibility index (Phi) is 4.87. The van der Waals surface area contributed by atoms with E-state index in [-0.39, 0.29) is 6.10 Å². The van der Waals surface area contributed by atoms with Gasteiger partial charge in [0.05, 0.1) is 6.10 Å². The van der Waals surface area contributed by atoms with Crippen LogP contribution >= 0.6 is 0 Å². The van der Waals surface area contributed by atoms with Crippen LogP contribution in [0.3, 0.4) is 0 Å². The summed E-state index contributed by atoms with van der Waals surface area (Å²) in [6.45, 7) is 5.83. The molecular weight excluding hydrogens is 210 g/mol. The molecule has 0 amide bonds. The molecule has 2 N–H and O–H groups in total. The first kappa shape index (κ1) is 13.4. The van der Waals surface area contributed by atoms with Crippen LogP contribution in [0.4, 0.5) is 0 Å². The molecule has 1 saturated heterocycles. The standard InChI is InChI=1S/C15H29NO/c1-3-12-8-9-14(16-10-12)11(2)13-6-4-5-7-15(13)17/h11-17H,3-10H2,1-2H3/t11-,12+,13-,14-,15+/m1/s1. The Bertz CT molecular complexity index is 223. The van der Waals surface area contributed by atoms with Gasteiger partial charge in [0.15, 0.2) is 0 Å². The number of aliphatic hydroxyl groups is 1. The molecule has 0 aromatic rings. The van der Waals surface area contributed by atoms with E-state index in [1.807, 2.05) is 0 Å². The van der Waals surface area contributed by atoms with Crippen LogP contribution in [0.25, 0.3) is 0 Å². The van der Waals surface area contributed by atoms with E-state index in [1.54, 1.807) is 0 Å². The van der Waals surface area contributed by atoms with E-state index in [0.717, 1.165) is 12.3 Å². The Morgan fingerprint density at radius 1 is 1.18 bits per heavy atom. The Labute approximate surface area is 106 Å². The van der Waals surface area contributed by atoms with Gasteiger partial charge in [-0.2, -0.15) is 0 Å². The Balaban J connectivity index is 1.85. The first-order valence-corrected chi connectivity index (χ1v) is 7.63. The molecule has 5 atom stereocenters. The van der Waals surface area contributed by atoms with Crippen LogP contribution < -0.4 is 5.32 Å². The molecule has 100 valence electrons. The van der Waals surface area contributed by atoms with E-state index >= 15 is 0 Å². The normalized spacial score (nSPS) is 41.1. The lowest BCUT2D eigenvalue weighted by molar-refractivity contribution is 0.0253. The van der Waals surface area contributed by atoms with Gasteiger partial charge in [-0.3, -0.25) is 0 Å². The van der Waals surface area contributed by atoms with Crippen molar-refractivity contribution >= 4 is 0 Å². The van der Waals surface area contributed by atoms with Gasteiger partial charge >= 0.3 is 0 Å². The van der Waals surface area contributed by atoms with Crippen LogP contribution in [0.2, 0.25) is 0 Å². The third-order valence-electron chi connectivity index (χ3n) is 5.22. The summed E-state index contributed by atoms with van der Waals surface area (Å²) in [5.41, 5.74) is 0. The minimum atomic E-state index is -0.0375. The summed E-state index contributed by atoms with van der Waals surface area (Å²) in [7, 11) is 0. The molecule has 1 heterocycles. The summed E-state index contributed by atoms with van der Waals surface area (Å²) in [6, 6.07) is 0.649. The van der Waals surface area contributed by atoms with Gasteiger partial charge in [0.25, 0.3) is 0 Å². The van der Waals surface area contributed by atoms with Gasteiger partial charge in [-0.25, -0.2) is 0 Å². The van der Waals surface area contributed by atoms with Crippen LogP contribution in [-0.2, 0) is 0 Å². The number of piperidine rings is 1. The number of rotatable bonds is 3. The molecule has 2 rings (SSSR count). The third-order valence-corrected chi connectivity index (χ3v) is 5.22. The zero-order valence-corrected chi connectivity index (χ0v) is 11.5. The largest absolute Gasteiger partial charge is 0.393 e. The predicted molar refractivity (Wildman–Crippen MR) is 71.9 cm³/mol. The summed E-state index contributed by atoms with van der Waals surface area (Å²) >= 11 is 0. The highest BCUT2D eigenvalue weighted by molar-refractivity contribution is 4.88. The lowest BCUT2D eigenvalue weighted by Gasteiger charge is -2.40. The smallest absolute Gasteiger partial charge is 0.0571 e. The third kappa shape index (κ3) is 3.23. The van der Waals surface area contributed by atoms with Gasteiger partial charge in [0.1, 0.15) is 0 Å². The Hall–Kier alpha value is -0.0800. The molecule has 2 fully saturated rings. The SMILES string of the molecule is CC[C@H]1CC[C@H]([C@H](C)[C@H]2CCCC[C@@H]2O)NC1. The van der Waals surface area contributed by atoms with Crippen molar-refractivity contribution in [2.45, 2.75) is 70.9 Å². The lowest BCUT2D eigenvalue weighted by atomic mass is 9.73. The monoisotopic (exact) mass is 239 g/mol. The van der Waals surface area contributed by atoms with Crippen molar-refractivity contribution < 1.29 is 5.11 Å². The molecular formula is C15H29NO. The van der Waals surface area contributed by atoms with Crippen molar-refractivity contribution in [2.24, 2.45) is 17.8 Å². The minimum Gasteiger partial charge on any atom is -0.393 e. The van der Waals surface area contributed by atoms with Crippen molar-refractivity contribution in [3.8, 4) is 0 Å². The maximum Gasteiger partial charge on any atom is 0.0571 e. The van der Waals surface area contributed by atoms with Gasteiger partial charge in [0, 0.05) is 6.04 Å². The summed E-state index contributed by atoms with van der Waals surface area (Å²) in [6.07, 6.45) is 8.75. The Morgan fingerprint density at radius 3 is 2.53 bits per heavy atom. The Morgan fingerprint density at radius 2 is 1.94 bits per heavy atom. The van der Waals surface area contributed by atoms with Crippen molar-refractivity contribution in [3.63, 3.8) is 0 Å². The van der Waals surface area contributed by atoms with Crippen LogP contribution in [0.1, 0.15) is 58.8 Å². The summed E-state index contributed by atoms with van der Waals surface area (Å²) in [5.74, 6) is 2.07. The molecule has 2 heteroatoms. The highest BCUT2D eigenvalue weighted by Crippen LogP contribution is 2.34. The van der Waals surface area contributed by atoms with Crippen LogP contribution in [0, 0.1) is 17.8 Å². The van der Waals surface area contributed by atoms with Gasteiger partial charge < -0.3 is 10.4 Å². The molecule has 0 aromatic heterocycles. The van der Waals surface area contributed by atoms with Crippen molar-refractivity contribution in [2.75, 3.05) is 6.54 Å². The zero-order valence-electron chi connectivity index (χ0n) is 11.5. The molecule has 1 aliphatic heterocycles. The highest BCUT2D eigenvalue weighted by Gasteiger charge is 2.34. The summed E-state index contributed by atoms with van der Waals surface area (Å²) < 4.78 is 0. The van der Waals surface area contributed by atoms with E-state index in [4.69, 9.17) is 0 Å². The fourth-order valence-electron chi connectivity index (χ4n) is 3.79. The molecule has 0 unspecified atom stereocenters. The predicted octanol–water partition coefficient (Wildman–Crippen LogP) is 2.95. The number of aliphatic hydroxyl groups excluding tert-OH is 1. The highest BCUT2D eigenvalue weighted by atomic mass is 16.3.